The van der Waals surface area contributed by atoms with E-state index in [1.807, 2.05) is 21.6 Å². The number of aliphatic carboxylic acids is 1. The summed E-state index contributed by atoms with van der Waals surface area (Å²) in [7, 11) is 3.92. The third-order valence-corrected chi connectivity index (χ3v) is 4.90. The van der Waals surface area contributed by atoms with Gasteiger partial charge in [-0.2, -0.15) is 0 Å². The van der Waals surface area contributed by atoms with Crippen LogP contribution < -0.4 is 0 Å². The van der Waals surface area contributed by atoms with Crippen LogP contribution in [0, 0.1) is 0 Å². The van der Waals surface area contributed by atoms with Crippen molar-refractivity contribution < 1.29 is 9.90 Å². The van der Waals surface area contributed by atoms with Crippen LogP contribution in [0.15, 0.2) is 0 Å². The summed E-state index contributed by atoms with van der Waals surface area (Å²) in [6.45, 7) is 0. The van der Waals surface area contributed by atoms with Crippen LogP contribution in [0.2, 0.25) is 0 Å². The molecular weight excluding hydrogens is 399 g/mol. The van der Waals surface area contributed by atoms with Crippen LogP contribution in [-0.4, -0.2) is 49.4 Å². The number of carbonyl (C=O) groups is 1. The first kappa shape index (κ1) is 14.1. The quantitative estimate of drug-likeness (QED) is 0.423. The minimum atomic E-state index is -0.663. The zero-order chi connectivity index (χ0) is 8.81. The number of hydrogen-bond donors (Lipinski definition) is 1. The Labute approximate surface area is 107 Å². The average Bonchev–Trinajstić information content (AvgIpc) is 2.49. The first-order chi connectivity index (χ1) is 5.79. The maximum absolute atomic E-state index is 10.2. The van der Waals surface area contributed by atoms with Gasteiger partial charge in [-0.05, 0) is 19.3 Å². The molecule has 1 fully saturated rings. The Morgan fingerprint density at radius 1 is 1.46 bits per heavy atom. The van der Waals surface area contributed by atoms with Crippen molar-refractivity contribution >= 4 is 54.9 Å². The first-order valence-corrected chi connectivity index (χ1v) is 6.67. The second kappa shape index (κ2) is 8.40. The fourth-order valence-corrected chi connectivity index (χ4v) is 4.24. The molecule has 1 N–H and O–H groups in total. The van der Waals surface area contributed by atoms with Crippen LogP contribution >= 0.6 is 21.6 Å². The standard InChI is InChI=1S/C8H14O2S2.Pb.2H/c9-8(10)4-2-1-3-7-5-6-11-12-7;;;/h7H,1-6H2,(H,9,10);;;/t7-;;;/m1.../s1. The molecule has 2 radical (unpaired) electrons. The third kappa shape index (κ3) is 7.07. The van der Waals surface area contributed by atoms with E-state index in [2.05, 4.69) is 0 Å². The van der Waals surface area contributed by atoms with Gasteiger partial charge in [0, 0.05) is 17.4 Å². The topological polar surface area (TPSA) is 37.3 Å². The number of unbranched alkanes of at least 4 members (excludes halogenated alkanes) is 1. The number of carboxylic acid groups (broad SMARTS) is 1. The predicted molar refractivity (Wildman–Crippen MR) is 63.1 cm³/mol. The van der Waals surface area contributed by atoms with Crippen molar-refractivity contribution in [2.45, 2.75) is 37.4 Å². The third-order valence-electron chi connectivity index (χ3n) is 1.89. The molecule has 1 aliphatic rings. The van der Waals surface area contributed by atoms with Gasteiger partial charge in [0.1, 0.15) is 0 Å². The monoisotopic (exact) mass is 416 g/mol. The number of rotatable bonds is 5. The number of carboxylic acids is 1. The second-order valence-corrected chi connectivity index (χ2v) is 5.76. The van der Waals surface area contributed by atoms with E-state index >= 15 is 0 Å². The van der Waals surface area contributed by atoms with Crippen LogP contribution in [0.1, 0.15) is 32.1 Å². The van der Waals surface area contributed by atoms with Gasteiger partial charge in [-0.1, -0.05) is 28.0 Å². The molecule has 2 nitrogen and oxygen atoms in total. The van der Waals surface area contributed by atoms with E-state index in [0.29, 0.717) is 6.42 Å². The molecule has 0 unspecified atom stereocenters. The molecule has 1 aliphatic heterocycles. The van der Waals surface area contributed by atoms with Crippen molar-refractivity contribution in [1.29, 1.82) is 0 Å². The molecule has 1 heterocycles. The molecule has 0 aliphatic carbocycles. The van der Waals surface area contributed by atoms with Crippen molar-refractivity contribution in [3.8, 4) is 0 Å². The molecule has 0 saturated carbocycles. The average molecular weight is 416 g/mol. The molecule has 1 saturated heterocycles. The van der Waals surface area contributed by atoms with E-state index in [9.17, 15) is 4.79 Å². The Kier molecular flexibility index (Phi) is 9.11. The molecule has 5 heteroatoms. The van der Waals surface area contributed by atoms with Crippen LogP contribution in [0.25, 0.3) is 0 Å². The van der Waals surface area contributed by atoms with E-state index in [1.54, 1.807) is 0 Å². The minimum absolute atomic E-state index is 0. The van der Waals surface area contributed by atoms with Crippen LogP contribution in [0.5, 0.6) is 0 Å². The second-order valence-electron chi connectivity index (χ2n) is 2.97. The Morgan fingerprint density at radius 3 is 2.77 bits per heavy atom. The van der Waals surface area contributed by atoms with Gasteiger partial charge in [0.25, 0.3) is 0 Å². The van der Waals surface area contributed by atoms with Gasteiger partial charge in [-0.3, -0.25) is 4.79 Å². The summed E-state index contributed by atoms with van der Waals surface area (Å²) in [6, 6.07) is 0. The van der Waals surface area contributed by atoms with Gasteiger partial charge in [0.2, 0.25) is 0 Å². The summed E-state index contributed by atoms with van der Waals surface area (Å²) in [6.07, 6.45) is 4.76. The molecular formula is C8H16O2PbS2. The van der Waals surface area contributed by atoms with E-state index in [1.165, 1.54) is 18.6 Å². The fourth-order valence-electron chi connectivity index (χ4n) is 1.21. The zero-order valence-corrected chi connectivity index (χ0v) is 14.8. The predicted octanol–water partition coefficient (Wildman–Crippen LogP) is 1.87. The van der Waals surface area contributed by atoms with Gasteiger partial charge in [-0.25, -0.2) is 0 Å². The molecule has 1 rings (SSSR count). The fraction of sp³-hybridized carbons (Fsp3) is 0.875. The molecule has 0 aromatic rings. The summed E-state index contributed by atoms with van der Waals surface area (Å²) in [5, 5.41) is 9.19. The molecule has 76 valence electrons. The van der Waals surface area contributed by atoms with Crippen LogP contribution in [0.4, 0.5) is 0 Å². The molecule has 0 amide bonds. The SMILES string of the molecule is O=C(O)CCCC[C@@H]1CCSS1.[PbH2]. The molecule has 0 bridgehead atoms. The van der Waals surface area contributed by atoms with Crippen LogP contribution in [-0.2, 0) is 4.79 Å². The van der Waals surface area contributed by atoms with Crippen molar-refractivity contribution in [2.24, 2.45) is 0 Å². The van der Waals surface area contributed by atoms with E-state index in [4.69, 9.17) is 5.11 Å². The number of hydrogen-bond acceptors (Lipinski definition) is 3. The Morgan fingerprint density at radius 2 is 2.23 bits per heavy atom. The summed E-state index contributed by atoms with van der Waals surface area (Å²) in [5.41, 5.74) is 0. The van der Waals surface area contributed by atoms with Crippen LogP contribution in [0.3, 0.4) is 0 Å². The Balaban J connectivity index is 0.00000144. The van der Waals surface area contributed by atoms with Crippen molar-refractivity contribution in [3.05, 3.63) is 0 Å². The van der Waals surface area contributed by atoms with Gasteiger partial charge in [0.15, 0.2) is 0 Å². The van der Waals surface area contributed by atoms with E-state index in [0.717, 1.165) is 18.1 Å². The van der Waals surface area contributed by atoms with Gasteiger partial charge in [0.05, 0.1) is 0 Å². The zero-order valence-electron chi connectivity index (χ0n) is 7.70. The van der Waals surface area contributed by atoms with E-state index in [-0.39, 0.29) is 27.3 Å². The van der Waals surface area contributed by atoms with Crippen molar-refractivity contribution in [3.63, 3.8) is 0 Å². The first-order valence-electron chi connectivity index (χ1n) is 4.29. The summed E-state index contributed by atoms with van der Waals surface area (Å²) in [5.74, 6) is 0.609. The molecule has 0 aromatic heterocycles. The molecule has 1 atom stereocenters. The molecule has 13 heavy (non-hydrogen) atoms. The van der Waals surface area contributed by atoms with Gasteiger partial charge >= 0.3 is 33.3 Å². The molecule has 0 aromatic carbocycles. The maximum atomic E-state index is 10.2. The van der Waals surface area contributed by atoms with Gasteiger partial charge < -0.3 is 5.11 Å². The normalized spacial score (nSPS) is 21.1. The summed E-state index contributed by atoms with van der Waals surface area (Å²) < 4.78 is 0. The summed E-state index contributed by atoms with van der Waals surface area (Å²) in [4.78, 5) is 10.2. The Bertz CT molecular complexity index is 149. The van der Waals surface area contributed by atoms with E-state index < -0.39 is 5.97 Å². The molecule has 0 spiro atoms. The van der Waals surface area contributed by atoms with Crippen molar-refractivity contribution in [2.75, 3.05) is 5.75 Å². The summed E-state index contributed by atoms with van der Waals surface area (Å²) >= 11 is 0. The van der Waals surface area contributed by atoms with Gasteiger partial charge in [-0.15, -0.1) is 0 Å². The Hall–Kier alpha value is 1.09. The van der Waals surface area contributed by atoms with Crippen molar-refractivity contribution in [1.82, 2.24) is 0 Å².